The Morgan fingerprint density at radius 1 is 0.824 bits per heavy atom. The first-order valence-corrected chi connectivity index (χ1v) is 14.1. The fourth-order valence-electron chi connectivity index (χ4n) is 12.0. The second-order valence-electron chi connectivity index (χ2n) is 15.8. The highest BCUT2D eigenvalue weighted by molar-refractivity contribution is 5.85. The van der Waals surface area contributed by atoms with E-state index in [1.165, 1.54) is 0 Å². The Morgan fingerprint density at radius 2 is 1.53 bits per heavy atom. The summed E-state index contributed by atoms with van der Waals surface area (Å²) in [6.45, 7) is 16.7. The van der Waals surface area contributed by atoms with E-state index in [0.29, 0.717) is 24.0 Å². The topological polar surface area (TPSA) is 55.9 Å². The fraction of sp³-hybridized carbons (Fsp3) is 0.933. The third-order valence-electron chi connectivity index (χ3n) is 14.0. The number of hydrogen-bond acceptors (Lipinski definition) is 4. The summed E-state index contributed by atoms with van der Waals surface area (Å²) in [5.74, 6) is 1.65. The lowest BCUT2D eigenvalue weighted by Crippen LogP contribution is -2.74. The lowest BCUT2D eigenvalue weighted by molar-refractivity contribution is -0.266. The first-order valence-electron chi connectivity index (χ1n) is 14.1. The van der Waals surface area contributed by atoms with Crippen LogP contribution in [0.1, 0.15) is 106 Å². The van der Waals surface area contributed by atoms with Crippen LogP contribution >= 0.6 is 0 Å². The molecule has 188 valence electrons. The highest BCUT2D eigenvalue weighted by Crippen LogP contribution is 2.83. The third-order valence-corrected chi connectivity index (χ3v) is 14.0. The number of ketones is 1. The van der Waals surface area contributed by atoms with Gasteiger partial charge in [0.2, 0.25) is 0 Å². The quantitative estimate of drug-likeness (QED) is 0.318. The van der Waals surface area contributed by atoms with Gasteiger partial charge in [-0.3, -0.25) is 9.59 Å². The van der Waals surface area contributed by atoms with Crippen LogP contribution in [0.3, 0.4) is 0 Å². The molecule has 7 rings (SSSR count). The van der Waals surface area contributed by atoms with Gasteiger partial charge in [0.15, 0.2) is 5.60 Å². The molecule has 2 saturated heterocycles. The van der Waals surface area contributed by atoms with Gasteiger partial charge >= 0.3 is 5.97 Å². The highest BCUT2D eigenvalue weighted by Gasteiger charge is 2.89. The minimum Gasteiger partial charge on any atom is -0.455 e. The van der Waals surface area contributed by atoms with Crippen molar-refractivity contribution in [3.8, 4) is 0 Å². The molecule has 0 unspecified atom stereocenters. The van der Waals surface area contributed by atoms with Crippen LogP contribution in [0.4, 0.5) is 0 Å². The molecular weight excluding hydrogens is 424 g/mol. The van der Waals surface area contributed by atoms with Crippen molar-refractivity contribution in [3.05, 3.63) is 0 Å². The normalized spacial score (nSPS) is 60.1. The van der Waals surface area contributed by atoms with Crippen LogP contribution in [-0.4, -0.2) is 29.6 Å². The summed E-state index contributed by atoms with van der Waals surface area (Å²) in [6.07, 6.45) is 9.31. The molecule has 34 heavy (non-hydrogen) atoms. The van der Waals surface area contributed by atoms with Crippen molar-refractivity contribution in [1.29, 1.82) is 0 Å². The van der Waals surface area contributed by atoms with Gasteiger partial charge in [0.25, 0.3) is 0 Å². The van der Waals surface area contributed by atoms with Crippen LogP contribution in [0.25, 0.3) is 0 Å². The Labute approximate surface area is 205 Å². The SMILES string of the molecule is CC1(C)CC[C@@]23CC[C@]4(C)[C@](OC2=O)([C@@H]2O[C@@H]2[C@@H]2[C@@]5(C)CCC(=O)C(C)(C)[C@H]5CC[C@]24C)[C@@H]3C1. The zero-order valence-electron chi connectivity index (χ0n) is 22.4. The maximum absolute atomic E-state index is 13.7. The number of esters is 1. The maximum atomic E-state index is 13.7. The number of carbonyl (C=O) groups excluding carboxylic acids is 2. The summed E-state index contributed by atoms with van der Waals surface area (Å²) in [5, 5.41) is 0. The minimum absolute atomic E-state index is 0.0388. The molecule has 0 aromatic rings. The van der Waals surface area contributed by atoms with Gasteiger partial charge in [0, 0.05) is 23.2 Å². The highest BCUT2D eigenvalue weighted by atomic mass is 16.6. The Kier molecular flexibility index (Phi) is 3.81. The predicted octanol–water partition coefficient (Wildman–Crippen LogP) is 6.10. The molecule has 2 aliphatic heterocycles. The summed E-state index contributed by atoms with van der Waals surface area (Å²) in [4.78, 5) is 26.7. The molecule has 7 fully saturated rings. The number of rotatable bonds is 0. The van der Waals surface area contributed by atoms with Crippen LogP contribution in [0.15, 0.2) is 0 Å². The molecule has 0 aromatic carbocycles. The second kappa shape index (κ2) is 5.81. The standard InChI is InChI=1S/C30H44O4/c1-24(2)12-14-29-15-13-28(7)27(6)11-8-17-25(3,4)19(31)9-10-26(17,5)21(27)20-22(33-20)30(28,18(29)16-24)34-23(29)32/h17-18,20-22H,8-16H2,1-7H3/t17-,18-,20-,21-,22-,26+,27-,28+,29+,30-/m1/s1. The third kappa shape index (κ3) is 2.05. The Bertz CT molecular complexity index is 1010. The number of ether oxygens (including phenoxy) is 2. The van der Waals surface area contributed by atoms with E-state index in [-0.39, 0.29) is 56.6 Å². The molecule has 5 aliphatic carbocycles. The van der Waals surface area contributed by atoms with Crippen LogP contribution < -0.4 is 0 Å². The molecule has 4 heteroatoms. The molecule has 4 nitrogen and oxygen atoms in total. The van der Waals surface area contributed by atoms with E-state index in [0.717, 1.165) is 51.4 Å². The van der Waals surface area contributed by atoms with E-state index in [4.69, 9.17) is 9.47 Å². The van der Waals surface area contributed by atoms with Crippen molar-refractivity contribution in [3.63, 3.8) is 0 Å². The predicted molar refractivity (Wildman–Crippen MR) is 129 cm³/mol. The Balaban J connectivity index is 1.39. The van der Waals surface area contributed by atoms with E-state index >= 15 is 0 Å². The first kappa shape index (κ1) is 22.3. The van der Waals surface area contributed by atoms with Gasteiger partial charge in [0.05, 0.1) is 11.5 Å². The van der Waals surface area contributed by atoms with E-state index in [1.807, 2.05) is 0 Å². The van der Waals surface area contributed by atoms with Crippen molar-refractivity contribution in [2.45, 2.75) is 124 Å². The molecule has 2 heterocycles. The Morgan fingerprint density at radius 3 is 2.26 bits per heavy atom. The number of fused-ring (bicyclic) bond motifs is 6. The van der Waals surface area contributed by atoms with Gasteiger partial charge < -0.3 is 9.47 Å². The molecule has 0 N–H and O–H groups in total. The van der Waals surface area contributed by atoms with Gasteiger partial charge in [-0.25, -0.2) is 0 Å². The van der Waals surface area contributed by atoms with E-state index in [2.05, 4.69) is 48.5 Å². The number of epoxide rings is 1. The summed E-state index contributed by atoms with van der Waals surface area (Å²) >= 11 is 0. The Hall–Kier alpha value is -0.900. The molecule has 0 amide bonds. The lowest BCUT2D eigenvalue weighted by atomic mass is 9.31. The summed E-state index contributed by atoms with van der Waals surface area (Å²) in [5.41, 5.74) is -0.720. The van der Waals surface area contributed by atoms with Crippen LogP contribution in [0, 0.1) is 50.2 Å². The van der Waals surface area contributed by atoms with E-state index < -0.39 is 5.60 Å². The summed E-state index contributed by atoms with van der Waals surface area (Å²) < 4.78 is 13.6. The smallest absolute Gasteiger partial charge is 0.313 e. The number of Topliss-reactive ketones (excluding diaryl/α,β-unsaturated/α-hetero) is 1. The molecule has 2 bridgehead atoms. The van der Waals surface area contributed by atoms with Crippen molar-refractivity contribution in [1.82, 2.24) is 0 Å². The molecule has 10 atom stereocenters. The van der Waals surface area contributed by atoms with Crippen molar-refractivity contribution < 1.29 is 19.1 Å². The summed E-state index contributed by atoms with van der Waals surface area (Å²) in [6, 6.07) is 0. The van der Waals surface area contributed by atoms with Crippen LogP contribution in [0.2, 0.25) is 0 Å². The van der Waals surface area contributed by atoms with Gasteiger partial charge in [0.1, 0.15) is 11.9 Å². The van der Waals surface area contributed by atoms with E-state index in [1.54, 1.807) is 0 Å². The zero-order chi connectivity index (χ0) is 24.3. The monoisotopic (exact) mass is 468 g/mol. The van der Waals surface area contributed by atoms with Crippen LogP contribution in [0.5, 0.6) is 0 Å². The second-order valence-corrected chi connectivity index (χ2v) is 15.8. The zero-order valence-corrected chi connectivity index (χ0v) is 22.4. The van der Waals surface area contributed by atoms with Crippen molar-refractivity contribution in [2.75, 3.05) is 0 Å². The molecular formula is C30H44O4. The number of carbonyl (C=O) groups is 2. The van der Waals surface area contributed by atoms with Gasteiger partial charge in [-0.15, -0.1) is 0 Å². The van der Waals surface area contributed by atoms with Crippen molar-refractivity contribution >= 4 is 11.8 Å². The van der Waals surface area contributed by atoms with E-state index in [9.17, 15) is 9.59 Å². The molecule has 7 aliphatic rings. The molecule has 0 radical (unpaired) electrons. The maximum Gasteiger partial charge on any atom is 0.313 e. The largest absolute Gasteiger partial charge is 0.455 e. The average molecular weight is 469 g/mol. The number of hydrogen-bond donors (Lipinski definition) is 0. The summed E-state index contributed by atoms with van der Waals surface area (Å²) in [7, 11) is 0. The molecule has 0 aromatic heterocycles. The van der Waals surface area contributed by atoms with Crippen molar-refractivity contribution in [2.24, 2.45) is 50.2 Å². The van der Waals surface area contributed by atoms with Gasteiger partial charge in [-0.05, 0) is 79.4 Å². The van der Waals surface area contributed by atoms with Gasteiger partial charge in [-0.2, -0.15) is 0 Å². The van der Waals surface area contributed by atoms with Crippen LogP contribution in [-0.2, 0) is 19.1 Å². The lowest BCUT2D eigenvalue weighted by Gasteiger charge is -2.72. The fourth-order valence-corrected chi connectivity index (χ4v) is 12.0. The molecule has 1 spiro atoms. The minimum atomic E-state index is -0.473. The molecule has 5 saturated carbocycles. The average Bonchev–Trinajstić information content (AvgIpc) is 3.49. The first-order chi connectivity index (χ1) is 15.7. The van der Waals surface area contributed by atoms with Gasteiger partial charge in [-0.1, -0.05) is 48.5 Å².